The van der Waals surface area contributed by atoms with E-state index in [1.54, 1.807) is 4.68 Å². The minimum absolute atomic E-state index is 0.275. The Balaban J connectivity index is 1.63. The second-order valence-electron chi connectivity index (χ2n) is 5.83. The van der Waals surface area contributed by atoms with Crippen molar-refractivity contribution < 1.29 is 9.90 Å². The van der Waals surface area contributed by atoms with E-state index in [1.165, 1.54) is 0 Å². The predicted molar refractivity (Wildman–Crippen MR) is 84.1 cm³/mol. The maximum Gasteiger partial charge on any atom is 0.320 e. The van der Waals surface area contributed by atoms with Crippen LogP contribution < -0.4 is 10.6 Å². The van der Waals surface area contributed by atoms with Crippen molar-refractivity contribution in [2.45, 2.75) is 31.8 Å². The van der Waals surface area contributed by atoms with Crippen LogP contribution in [0.5, 0.6) is 0 Å². The molecular formula is C16H20N4O2. The topological polar surface area (TPSA) is 79.2 Å². The highest BCUT2D eigenvalue weighted by Gasteiger charge is 2.34. The number of hydrogen-bond donors (Lipinski definition) is 3. The van der Waals surface area contributed by atoms with E-state index in [1.807, 2.05) is 43.5 Å². The summed E-state index contributed by atoms with van der Waals surface area (Å²) < 4.78 is 1.73. The molecule has 0 spiro atoms. The van der Waals surface area contributed by atoms with Gasteiger partial charge < -0.3 is 10.4 Å². The van der Waals surface area contributed by atoms with Crippen molar-refractivity contribution in [1.29, 1.82) is 0 Å². The Morgan fingerprint density at radius 2 is 2.09 bits per heavy atom. The molecule has 6 nitrogen and oxygen atoms in total. The maximum atomic E-state index is 11.9. The number of para-hydroxylation sites is 1. The smallest absolute Gasteiger partial charge is 0.320 e. The summed E-state index contributed by atoms with van der Waals surface area (Å²) >= 11 is 0. The van der Waals surface area contributed by atoms with E-state index in [2.05, 4.69) is 15.7 Å². The molecule has 2 aromatic rings. The number of benzene rings is 1. The van der Waals surface area contributed by atoms with Gasteiger partial charge in [0.05, 0.1) is 11.3 Å². The monoisotopic (exact) mass is 300 g/mol. The van der Waals surface area contributed by atoms with Crippen LogP contribution in [0, 0.1) is 6.92 Å². The van der Waals surface area contributed by atoms with Crippen LogP contribution >= 0.6 is 0 Å². The van der Waals surface area contributed by atoms with Gasteiger partial charge in [-0.2, -0.15) is 0 Å². The van der Waals surface area contributed by atoms with Crippen LogP contribution in [0.25, 0.3) is 5.69 Å². The number of aliphatic hydroxyl groups is 1. The van der Waals surface area contributed by atoms with Crippen molar-refractivity contribution in [1.82, 2.24) is 15.1 Å². The third-order valence-electron chi connectivity index (χ3n) is 4.01. The molecule has 1 aliphatic rings. The third-order valence-corrected chi connectivity index (χ3v) is 4.01. The van der Waals surface area contributed by atoms with Crippen LogP contribution in [0.4, 0.5) is 10.6 Å². The zero-order valence-corrected chi connectivity index (χ0v) is 12.5. The first-order chi connectivity index (χ1) is 10.6. The number of anilines is 1. The summed E-state index contributed by atoms with van der Waals surface area (Å²) in [5.74, 6) is 0.516. The van der Waals surface area contributed by atoms with Crippen LogP contribution in [0.2, 0.25) is 0 Å². The third kappa shape index (κ3) is 3.12. The first kappa shape index (κ1) is 14.6. The van der Waals surface area contributed by atoms with Crippen LogP contribution in [0.3, 0.4) is 0 Å². The van der Waals surface area contributed by atoms with Crippen molar-refractivity contribution >= 4 is 11.8 Å². The molecule has 0 atom stereocenters. The number of hydrogen-bond acceptors (Lipinski definition) is 3. The van der Waals surface area contributed by atoms with Gasteiger partial charge in [0.15, 0.2) is 5.82 Å². The molecule has 3 rings (SSSR count). The van der Waals surface area contributed by atoms with Gasteiger partial charge in [-0.3, -0.25) is 5.32 Å². The normalized spacial score (nSPS) is 15.9. The van der Waals surface area contributed by atoms with E-state index in [0.29, 0.717) is 5.82 Å². The Kier molecular flexibility index (Phi) is 3.85. The van der Waals surface area contributed by atoms with Gasteiger partial charge >= 0.3 is 6.03 Å². The lowest BCUT2D eigenvalue weighted by Gasteiger charge is -2.36. The Labute approximate surface area is 129 Å². The van der Waals surface area contributed by atoms with Crippen LogP contribution in [-0.4, -0.2) is 33.1 Å². The highest BCUT2D eigenvalue weighted by Crippen LogP contribution is 2.30. The largest absolute Gasteiger partial charge is 0.388 e. The lowest BCUT2D eigenvalue weighted by atomic mass is 9.80. The summed E-state index contributed by atoms with van der Waals surface area (Å²) in [6.45, 7) is 2.17. The molecule has 1 aromatic heterocycles. The fraction of sp³-hybridized carbons (Fsp3) is 0.375. The maximum absolute atomic E-state index is 11.9. The van der Waals surface area contributed by atoms with Crippen molar-refractivity contribution in [3.05, 3.63) is 42.1 Å². The van der Waals surface area contributed by atoms with Crippen molar-refractivity contribution in [2.24, 2.45) is 0 Å². The zero-order valence-electron chi connectivity index (χ0n) is 12.5. The van der Waals surface area contributed by atoms with E-state index >= 15 is 0 Å². The van der Waals surface area contributed by atoms with Crippen LogP contribution in [0.15, 0.2) is 36.5 Å². The number of rotatable bonds is 4. The van der Waals surface area contributed by atoms with Crippen LogP contribution in [0.1, 0.15) is 24.8 Å². The average Bonchev–Trinajstić information content (AvgIpc) is 2.85. The minimum Gasteiger partial charge on any atom is -0.388 e. The fourth-order valence-corrected chi connectivity index (χ4v) is 2.45. The lowest BCUT2D eigenvalue weighted by Crippen LogP contribution is -2.48. The Morgan fingerprint density at radius 1 is 1.36 bits per heavy atom. The molecule has 6 heteroatoms. The van der Waals surface area contributed by atoms with E-state index < -0.39 is 5.60 Å². The van der Waals surface area contributed by atoms with Gasteiger partial charge in [0.2, 0.25) is 0 Å². The number of carbonyl (C=O) groups is 1. The Morgan fingerprint density at radius 3 is 2.73 bits per heavy atom. The van der Waals surface area contributed by atoms with Gasteiger partial charge in [-0.15, -0.1) is 5.10 Å². The zero-order chi connectivity index (χ0) is 15.6. The van der Waals surface area contributed by atoms with E-state index in [9.17, 15) is 9.90 Å². The molecular weight excluding hydrogens is 280 g/mol. The second kappa shape index (κ2) is 5.81. The number of nitrogens with zero attached hydrogens (tertiary/aromatic N) is 2. The molecule has 0 saturated heterocycles. The number of carbonyl (C=O) groups excluding carboxylic acids is 1. The fourth-order valence-electron chi connectivity index (χ4n) is 2.45. The number of aromatic nitrogens is 2. The van der Waals surface area contributed by atoms with Gasteiger partial charge in [0, 0.05) is 18.3 Å². The Bertz CT molecular complexity index is 662. The molecule has 1 heterocycles. The second-order valence-corrected chi connectivity index (χ2v) is 5.83. The molecule has 1 aliphatic carbocycles. The molecule has 116 valence electrons. The van der Waals surface area contributed by atoms with Gasteiger partial charge in [-0.05, 0) is 38.3 Å². The summed E-state index contributed by atoms with van der Waals surface area (Å²) in [5, 5.41) is 19.8. The lowest BCUT2D eigenvalue weighted by molar-refractivity contribution is -0.0287. The highest BCUT2D eigenvalue weighted by molar-refractivity contribution is 5.88. The molecule has 0 unspecified atom stereocenters. The highest BCUT2D eigenvalue weighted by atomic mass is 16.3. The van der Waals surface area contributed by atoms with Crippen molar-refractivity contribution in [2.75, 3.05) is 11.9 Å². The number of amides is 2. The first-order valence-electron chi connectivity index (χ1n) is 7.45. The van der Waals surface area contributed by atoms with E-state index in [0.717, 1.165) is 30.5 Å². The SMILES string of the molecule is Cc1cn(-c2ccccc2)nc1NC(=O)NCC1(O)CCC1. The number of aryl methyl sites for hydroxylation is 1. The number of nitrogens with one attached hydrogen (secondary N) is 2. The molecule has 3 N–H and O–H groups in total. The minimum atomic E-state index is -0.726. The predicted octanol–water partition coefficient (Wildman–Crippen LogP) is 2.22. The molecule has 22 heavy (non-hydrogen) atoms. The quantitative estimate of drug-likeness (QED) is 0.810. The molecule has 0 bridgehead atoms. The molecule has 1 saturated carbocycles. The average molecular weight is 300 g/mol. The summed E-state index contributed by atoms with van der Waals surface area (Å²) in [4.78, 5) is 11.9. The molecule has 1 aromatic carbocycles. The molecule has 0 aliphatic heterocycles. The van der Waals surface area contributed by atoms with Gasteiger partial charge in [0.1, 0.15) is 0 Å². The van der Waals surface area contributed by atoms with Crippen molar-refractivity contribution in [3.8, 4) is 5.69 Å². The van der Waals surface area contributed by atoms with Crippen LogP contribution in [-0.2, 0) is 0 Å². The number of urea groups is 1. The molecule has 2 amide bonds. The summed E-state index contributed by atoms with van der Waals surface area (Å²) in [6.07, 6.45) is 4.37. The summed E-state index contributed by atoms with van der Waals surface area (Å²) in [6, 6.07) is 9.36. The van der Waals surface area contributed by atoms with E-state index in [-0.39, 0.29) is 12.6 Å². The van der Waals surface area contributed by atoms with E-state index in [4.69, 9.17) is 0 Å². The van der Waals surface area contributed by atoms with Gasteiger partial charge in [-0.25, -0.2) is 9.48 Å². The molecule has 1 fully saturated rings. The molecule has 0 radical (unpaired) electrons. The van der Waals surface area contributed by atoms with Gasteiger partial charge in [0.25, 0.3) is 0 Å². The van der Waals surface area contributed by atoms with Gasteiger partial charge in [-0.1, -0.05) is 18.2 Å². The first-order valence-corrected chi connectivity index (χ1v) is 7.45. The summed E-state index contributed by atoms with van der Waals surface area (Å²) in [5.41, 5.74) is 1.08. The summed E-state index contributed by atoms with van der Waals surface area (Å²) in [7, 11) is 0. The standard InChI is InChI=1S/C16H20N4O2/c1-12-10-20(13-6-3-2-4-7-13)19-14(12)18-15(21)17-11-16(22)8-5-9-16/h2-4,6-7,10,22H,5,8-9,11H2,1H3,(H2,17,18,19,21). The van der Waals surface area contributed by atoms with Crippen molar-refractivity contribution in [3.63, 3.8) is 0 Å². The Hall–Kier alpha value is -2.34.